The molecule has 5 aliphatic carbocycles. The number of hydrogen-bond acceptors (Lipinski definition) is 3. The topological polar surface area (TPSA) is 55.4 Å². The Morgan fingerprint density at radius 3 is 2.37 bits per heavy atom. The monoisotopic (exact) mass is 367 g/mol. The fourth-order valence-electron chi connectivity index (χ4n) is 6.52. The molecule has 1 N–H and O–H groups in total. The van der Waals surface area contributed by atoms with Gasteiger partial charge in [0.2, 0.25) is 0 Å². The van der Waals surface area contributed by atoms with Crippen molar-refractivity contribution in [2.24, 2.45) is 17.3 Å². The molecule has 5 aliphatic rings. The summed E-state index contributed by atoms with van der Waals surface area (Å²) in [6.07, 6.45) is 7.79. The van der Waals surface area contributed by atoms with Gasteiger partial charge >= 0.3 is 5.97 Å². The molecule has 5 saturated carbocycles. The van der Waals surface area contributed by atoms with Gasteiger partial charge < -0.3 is 10.1 Å². The molecule has 5 atom stereocenters. The number of amides is 1. The van der Waals surface area contributed by atoms with E-state index in [9.17, 15) is 9.59 Å². The molecule has 0 spiro atoms. The van der Waals surface area contributed by atoms with Gasteiger partial charge in [-0.1, -0.05) is 30.3 Å². The molecule has 0 saturated heterocycles. The van der Waals surface area contributed by atoms with Gasteiger partial charge in [-0.05, 0) is 81.1 Å². The molecule has 144 valence electrons. The molecule has 4 heteroatoms. The molecule has 1 aromatic rings. The summed E-state index contributed by atoms with van der Waals surface area (Å²) in [6, 6.07) is 11.1. The Bertz CT molecular complexity index is 740. The van der Waals surface area contributed by atoms with Gasteiger partial charge in [-0.25, -0.2) is 0 Å². The second kappa shape index (κ2) is 6.08. The van der Waals surface area contributed by atoms with Crippen LogP contribution in [0, 0.1) is 17.3 Å². The Labute approximate surface area is 161 Å². The molecule has 0 heterocycles. The summed E-state index contributed by atoms with van der Waals surface area (Å²) < 4.78 is 5.76. The predicted octanol–water partition coefficient (Wildman–Crippen LogP) is 3.73. The van der Waals surface area contributed by atoms with E-state index < -0.39 is 11.5 Å². The fraction of sp³-hybridized carbons (Fsp3) is 0.652. The van der Waals surface area contributed by atoms with E-state index in [2.05, 4.69) is 35.6 Å². The molecule has 1 aromatic carbocycles. The van der Waals surface area contributed by atoms with Crippen LogP contribution >= 0.6 is 0 Å². The molecule has 0 aliphatic heterocycles. The third-order valence-electron chi connectivity index (χ3n) is 7.46. The molecular weight excluding hydrogens is 338 g/mol. The Balaban J connectivity index is 1.37. The molecule has 5 fully saturated rings. The summed E-state index contributed by atoms with van der Waals surface area (Å²) >= 11 is 0. The third-order valence-corrected chi connectivity index (χ3v) is 7.46. The summed E-state index contributed by atoms with van der Waals surface area (Å²) in [5.74, 6) is 0.938. The highest BCUT2D eigenvalue weighted by Gasteiger charge is 2.61. The van der Waals surface area contributed by atoms with E-state index in [1.165, 1.54) is 24.8 Å². The van der Waals surface area contributed by atoms with E-state index in [4.69, 9.17) is 4.74 Å². The van der Waals surface area contributed by atoms with Gasteiger partial charge in [-0.3, -0.25) is 9.59 Å². The predicted molar refractivity (Wildman–Crippen MR) is 102 cm³/mol. The number of esters is 1. The highest BCUT2D eigenvalue weighted by molar-refractivity contribution is 5.85. The first-order valence-electron chi connectivity index (χ1n) is 10.6. The van der Waals surface area contributed by atoms with Crippen molar-refractivity contribution in [1.29, 1.82) is 0 Å². The minimum Gasteiger partial charge on any atom is -0.452 e. The molecule has 2 unspecified atom stereocenters. The molecular formula is C23H29NO3. The van der Waals surface area contributed by atoms with Crippen molar-refractivity contribution in [1.82, 2.24) is 5.32 Å². The Kier molecular flexibility index (Phi) is 3.89. The highest BCUT2D eigenvalue weighted by atomic mass is 16.5. The van der Waals surface area contributed by atoms with Crippen LogP contribution in [0.4, 0.5) is 0 Å². The number of ether oxygens (including phenoxy) is 1. The van der Waals surface area contributed by atoms with Crippen molar-refractivity contribution in [3.63, 3.8) is 0 Å². The zero-order chi connectivity index (χ0) is 18.6. The lowest BCUT2D eigenvalue weighted by atomic mass is 9.43. The summed E-state index contributed by atoms with van der Waals surface area (Å²) in [5, 5.41) is 2.95. The maximum Gasteiger partial charge on any atom is 0.312 e. The second-order valence-electron chi connectivity index (χ2n) is 9.72. The highest BCUT2D eigenvalue weighted by Crippen LogP contribution is 2.66. The maximum atomic E-state index is 13.3. The lowest BCUT2D eigenvalue weighted by Gasteiger charge is -2.61. The molecule has 6 rings (SSSR count). The van der Waals surface area contributed by atoms with Crippen molar-refractivity contribution in [3.05, 3.63) is 35.9 Å². The summed E-state index contributed by atoms with van der Waals surface area (Å²) in [4.78, 5) is 25.5. The Hall–Kier alpha value is -1.84. The quantitative estimate of drug-likeness (QED) is 0.807. The van der Waals surface area contributed by atoms with E-state index in [1.54, 1.807) is 6.92 Å². The molecule has 4 bridgehead atoms. The number of carbonyl (C=O) groups is 2. The standard InChI is InChI=1S/C23H29NO3/c1-15(20(25)24-19-7-8-19)27-21(26)23-12-16-9-17(13-23)11-22(10-16,14-23)18-5-3-2-4-6-18/h2-6,15-17,19H,7-14H2,1H3,(H,24,25)/t15-,16-,17+,22?,23?/m1/s1. The van der Waals surface area contributed by atoms with Crippen LogP contribution in [-0.2, 0) is 19.7 Å². The third kappa shape index (κ3) is 2.97. The van der Waals surface area contributed by atoms with Crippen LogP contribution in [-0.4, -0.2) is 24.0 Å². The van der Waals surface area contributed by atoms with Crippen molar-refractivity contribution in [3.8, 4) is 0 Å². The molecule has 1 amide bonds. The van der Waals surface area contributed by atoms with E-state index in [0.717, 1.165) is 32.1 Å². The number of benzene rings is 1. The van der Waals surface area contributed by atoms with Crippen LogP contribution in [0.3, 0.4) is 0 Å². The first-order chi connectivity index (χ1) is 13.0. The average molecular weight is 367 g/mol. The molecule has 0 radical (unpaired) electrons. The zero-order valence-corrected chi connectivity index (χ0v) is 16.1. The van der Waals surface area contributed by atoms with Crippen molar-refractivity contribution in [2.75, 3.05) is 0 Å². The van der Waals surface area contributed by atoms with Gasteiger partial charge in [-0.2, -0.15) is 0 Å². The van der Waals surface area contributed by atoms with E-state index in [0.29, 0.717) is 17.9 Å². The van der Waals surface area contributed by atoms with Crippen molar-refractivity contribution in [2.45, 2.75) is 75.9 Å². The van der Waals surface area contributed by atoms with E-state index in [1.807, 2.05) is 0 Å². The van der Waals surface area contributed by atoms with Crippen molar-refractivity contribution < 1.29 is 14.3 Å². The van der Waals surface area contributed by atoms with Crippen LogP contribution < -0.4 is 5.32 Å². The number of nitrogens with one attached hydrogen (secondary N) is 1. The summed E-state index contributed by atoms with van der Waals surface area (Å²) in [6.45, 7) is 1.71. The fourth-order valence-corrected chi connectivity index (χ4v) is 6.52. The van der Waals surface area contributed by atoms with Gasteiger partial charge in [0.1, 0.15) is 0 Å². The van der Waals surface area contributed by atoms with Gasteiger partial charge in [0.25, 0.3) is 5.91 Å². The van der Waals surface area contributed by atoms with E-state index >= 15 is 0 Å². The van der Waals surface area contributed by atoms with Gasteiger partial charge in [-0.15, -0.1) is 0 Å². The largest absolute Gasteiger partial charge is 0.452 e. The van der Waals surface area contributed by atoms with Crippen LogP contribution in [0.2, 0.25) is 0 Å². The normalized spacial score (nSPS) is 37.7. The Morgan fingerprint density at radius 2 is 1.74 bits per heavy atom. The first-order valence-corrected chi connectivity index (χ1v) is 10.6. The van der Waals surface area contributed by atoms with Gasteiger partial charge in [0, 0.05) is 6.04 Å². The zero-order valence-electron chi connectivity index (χ0n) is 16.1. The van der Waals surface area contributed by atoms with E-state index in [-0.39, 0.29) is 17.3 Å². The first kappa shape index (κ1) is 17.3. The maximum absolute atomic E-state index is 13.3. The number of hydrogen-bond donors (Lipinski definition) is 1. The lowest BCUT2D eigenvalue weighted by Crippen LogP contribution is -2.57. The van der Waals surface area contributed by atoms with Crippen molar-refractivity contribution >= 4 is 11.9 Å². The average Bonchev–Trinajstić information content (AvgIpc) is 3.45. The SMILES string of the molecule is C[C@@H](OC(=O)C12C[C@H]3C[C@@H](C1)CC(c1ccccc1)(C3)C2)C(=O)NC1CC1. The van der Waals surface area contributed by atoms with Gasteiger partial charge in [0.15, 0.2) is 6.10 Å². The molecule has 27 heavy (non-hydrogen) atoms. The molecule has 0 aromatic heterocycles. The van der Waals surface area contributed by atoms with Crippen LogP contribution in [0.15, 0.2) is 30.3 Å². The number of carbonyl (C=O) groups excluding carboxylic acids is 2. The van der Waals surface area contributed by atoms with Crippen LogP contribution in [0.1, 0.15) is 63.9 Å². The second-order valence-corrected chi connectivity index (χ2v) is 9.72. The van der Waals surface area contributed by atoms with Crippen LogP contribution in [0.5, 0.6) is 0 Å². The Morgan fingerprint density at radius 1 is 1.07 bits per heavy atom. The number of rotatable bonds is 5. The minimum atomic E-state index is -0.696. The van der Waals surface area contributed by atoms with Crippen LogP contribution in [0.25, 0.3) is 0 Å². The summed E-state index contributed by atoms with van der Waals surface area (Å²) in [5.41, 5.74) is 1.11. The lowest BCUT2D eigenvalue weighted by molar-refractivity contribution is -0.180. The smallest absolute Gasteiger partial charge is 0.312 e. The summed E-state index contributed by atoms with van der Waals surface area (Å²) in [7, 11) is 0. The minimum absolute atomic E-state index is 0.115. The molecule has 4 nitrogen and oxygen atoms in total. The van der Waals surface area contributed by atoms with Gasteiger partial charge in [0.05, 0.1) is 5.41 Å².